The standard InChI is InChI=1S/2C10H16N2O2.C9H15NO3/c2*1-10(2,3)14-9(13)8-5-4-7(6-11)12-8;1-9(2,3)13-8(12)6-4-5-7(11)10-6/h2*7-8,12H,4-5H2,1-3H3;6H,4-5H2,1-3H3,(H,10,11)/t7-,8+;7-,8-;6-/m100/s1. The lowest BCUT2D eigenvalue weighted by molar-refractivity contribution is -0.158. The van der Waals surface area contributed by atoms with Crippen LogP contribution in [0, 0.1) is 22.7 Å². The lowest BCUT2D eigenvalue weighted by Gasteiger charge is -2.22. The molecule has 3 heterocycles. The van der Waals surface area contributed by atoms with Crippen molar-refractivity contribution in [3.63, 3.8) is 0 Å². The van der Waals surface area contributed by atoms with Crippen LogP contribution in [-0.4, -0.2) is 70.8 Å². The fraction of sp³-hybridized carbons (Fsp3) is 0.793. The Kier molecular flexibility index (Phi) is 13.2. The SMILES string of the molecule is CC(C)(C)OC(=O)[C@@H]1CCC(=O)N1.CC(C)(C)OC(=O)[C@@H]1CC[C@@H](C#N)N1.CC(C)(C)OC(=O)[C@@H]1CC[C@H](C#N)N1. The molecular formula is C29H47N5O7. The molecule has 12 nitrogen and oxygen atoms in total. The maximum absolute atomic E-state index is 11.5. The molecular weight excluding hydrogens is 530 g/mol. The molecule has 0 aromatic carbocycles. The van der Waals surface area contributed by atoms with Crippen LogP contribution in [-0.2, 0) is 33.4 Å². The van der Waals surface area contributed by atoms with E-state index in [1.807, 2.05) is 62.3 Å². The molecule has 0 spiro atoms. The zero-order chi connectivity index (χ0) is 31.6. The average Bonchev–Trinajstić information content (AvgIpc) is 3.57. The minimum atomic E-state index is -0.482. The molecule has 0 saturated carbocycles. The van der Waals surface area contributed by atoms with E-state index >= 15 is 0 Å². The van der Waals surface area contributed by atoms with Gasteiger partial charge in [-0.25, -0.2) is 4.79 Å². The van der Waals surface area contributed by atoms with Crippen LogP contribution < -0.4 is 16.0 Å². The first kappa shape index (κ1) is 35.8. The molecule has 1 amide bonds. The molecule has 3 N–H and O–H groups in total. The number of hydrogen-bond acceptors (Lipinski definition) is 11. The molecule has 0 aromatic rings. The van der Waals surface area contributed by atoms with E-state index in [0.717, 1.165) is 12.8 Å². The topological polar surface area (TPSA) is 180 Å². The Morgan fingerprint density at radius 2 is 0.976 bits per heavy atom. The summed E-state index contributed by atoms with van der Waals surface area (Å²) in [5.74, 6) is -0.917. The third-order valence-corrected chi connectivity index (χ3v) is 5.67. The molecule has 3 aliphatic heterocycles. The van der Waals surface area contributed by atoms with Gasteiger partial charge in [0.2, 0.25) is 5.91 Å². The highest BCUT2D eigenvalue weighted by molar-refractivity contribution is 5.88. The zero-order valence-electron chi connectivity index (χ0n) is 25.9. The second-order valence-corrected chi connectivity index (χ2v) is 13.2. The lowest BCUT2D eigenvalue weighted by atomic mass is 10.1. The van der Waals surface area contributed by atoms with Gasteiger partial charge in [0.15, 0.2) is 0 Å². The number of esters is 3. The van der Waals surface area contributed by atoms with Crippen molar-refractivity contribution in [2.24, 2.45) is 0 Å². The van der Waals surface area contributed by atoms with Crippen LogP contribution in [0.25, 0.3) is 0 Å². The smallest absolute Gasteiger partial charge is 0.329 e. The first-order valence-corrected chi connectivity index (χ1v) is 14.0. The van der Waals surface area contributed by atoms with Gasteiger partial charge in [-0.2, -0.15) is 10.5 Å². The van der Waals surface area contributed by atoms with Gasteiger partial charge in [0.25, 0.3) is 0 Å². The number of carbonyl (C=O) groups excluding carboxylic acids is 4. The van der Waals surface area contributed by atoms with E-state index in [1.165, 1.54) is 0 Å². The Balaban J connectivity index is 0.000000308. The maximum atomic E-state index is 11.5. The van der Waals surface area contributed by atoms with E-state index in [0.29, 0.717) is 25.7 Å². The van der Waals surface area contributed by atoms with Crippen molar-refractivity contribution in [3.8, 4) is 12.1 Å². The van der Waals surface area contributed by atoms with Crippen molar-refractivity contribution in [3.05, 3.63) is 0 Å². The van der Waals surface area contributed by atoms with Gasteiger partial charge in [0.1, 0.15) is 34.9 Å². The Morgan fingerprint density at radius 1 is 0.634 bits per heavy atom. The average molecular weight is 578 g/mol. The number of nitriles is 2. The highest BCUT2D eigenvalue weighted by atomic mass is 16.6. The van der Waals surface area contributed by atoms with Crippen molar-refractivity contribution in [1.29, 1.82) is 10.5 Å². The Bertz CT molecular complexity index is 955. The van der Waals surface area contributed by atoms with Gasteiger partial charge >= 0.3 is 17.9 Å². The predicted molar refractivity (Wildman–Crippen MR) is 150 cm³/mol. The summed E-state index contributed by atoms with van der Waals surface area (Å²) in [6.45, 7) is 16.4. The number of ether oxygens (including phenoxy) is 3. The van der Waals surface area contributed by atoms with Crippen LogP contribution in [0.2, 0.25) is 0 Å². The normalized spacial score (nSPS) is 25.6. The van der Waals surface area contributed by atoms with Gasteiger partial charge in [-0.05, 0) is 94.4 Å². The van der Waals surface area contributed by atoms with Crippen LogP contribution in [0.1, 0.15) is 101 Å². The van der Waals surface area contributed by atoms with Crippen LogP contribution >= 0.6 is 0 Å². The van der Waals surface area contributed by atoms with Crippen LogP contribution in [0.5, 0.6) is 0 Å². The summed E-state index contributed by atoms with van der Waals surface area (Å²) >= 11 is 0. The summed E-state index contributed by atoms with van der Waals surface area (Å²) in [6, 6.07) is 2.73. The molecule has 5 atom stereocenters. The summed E-state index contributed by atoms with van der Waals surface area (Å²) in [4.78, 5) is 45.2. The van der Waals surface area contributed by atoms with Gasteiger partial charge in [-0.3, -0.25) is 25.0 Å². The first-order valence-electron chi connectivity index (χ1n) is 14.0. The minimum Gasteiger partial charge on any atom is -0.459 e. The molecule has 41 heavy (non-hydrogen) atoms. The second-order valence-electron chi connectivity index (χ2n) is 13.2. The van der Waals surface area contributed by atoms with E-state index in [9.17, 15) is 19.2 Å². The fourth-order valence-corrected chi connectivity index (χ4v) is 3.97. The van der Waals surface area contributed by atoms with E-state index in [-0.39, 0.29) is 48.0 Å². The highest BCUT2D eigenvalue weighted by Gasteiger charge is 2.33. The van der Waals surface area contributed by atoms with Crippen molar-refractivity contribution in [2.45, 2.75) is 148 Å². The van der Waals surface area contributed by atoms with Gasteiger partial charge < -0.3 is 19.5 Å². The van der Waals surface area contributed by atoms with Gasteiger partial charge in [0, 0.05) is 6.42 Å². The molecule has 0 radical (unpaired) electrons. The Hall–Kier alpha value is -3.22. The number of carbonyl (C=O) groups is 4. The van der Waals surface area contributed by atoms with Gasteiger partial charge in [0.05, 0.1) is 24.2 Å². The van der Waals surface area contributed by atoms with Crippen molar-refractivity contribution in [1.82, 2.24) is 16.0 Å². The predicted octanol–water partition coefficient (Wildman–Crippen LogP) is 2.55. The molecule has 3 fully saturated rings. The first-order chi connectivity index (χ1) is 18.7. The molecule has 0 unspecified atom stereocenters. The van der Waals surface area contributed by atoms with Crippen LogP contribution in [0.15, 0.2) is 0 Å². The number of rotatable bonds is 3. The quantitative estimate of drug-likeness (QED) is 0.331. The van der Waals surface area contributed by atoms with E-state index in [4.69, 9.17) is 24.7 Å². The summed E-state index contributed by atoms with van der Waals surface area (Å²) < 4.78 is 15.5. The van der Waals surface area contributed by atoms with Crippen LogP contribution in [0.3, 0.4) is 0 Å². The monoisotopic (exact) mass is 577 g/mol. The molecule has 0 aliphatic carbocycles. The molecule has 12 heteroatoms. The number of hydrogen-bond donors (Lipinski definition) is 3. The zero-order valence-corrected chi connectivity index (χ0v) is 25.9. The van der Waals surface area contributed by atoms with Crippen LogP contribution in [0.4, 0.5) is 0 Å². The Labute approximate surface area is 243 Å². The lowest BCUT2D eigenvalue weighted by Crippen LogP contribution is -2.39. The van der Waals surface area contributed by atoms with E-state index < -0.39 is 22.8 Å². The molecule has 3 rings (SSSR count). The van der Waals surface area contributed by atoms with Gasteiger partial charge in [-0.15, -0.1) is 0 Å². The third-order valence-electron chi connectivity index (χ3n) is 5.67. The molecule has 230 valence electrons. The highest BCUT2D eigenvalue weighted by Crippen LogP contribution is 2.18. The number of amides is 1. The summed E-state index contributed by atoms with van der Waals surface area (Å²) in [5, 5.41) is 25.7. The fourth-order valence-electron chi connectivity index (χ4n) is 3.97. The maximum Gasteiger partial charge on any atom is 0.329 e. The summed E-state index contributed by atoms with van der Waals surface area (Å²) in [6.07, 6.45) is 3.79. The van der Waals surface area contributed by atoms with Crippen molar-refractivity contribution in [2.75, 3.05) is 0 Å². The number of nitrogens with one attached hydrogen (secondary N) is 3. The molecule has 3 saturated heterocycles. The largest absolute Gasteiger partial charge is 0.459 e. The van der Waals surface area contributed by atoms with E-state index in [1.54, 1.807) is 0 Å². The van der Waals surface area contributed by atoms with E-state index in [2.05, 4.69) is 28.1 Å². The molecule has 0 aromatic heterocycles. The summed E-state index contributed by atoms with van der Waals surface area (Å²) in [5.41, 5.74) is -1.39. The third kappa shape index (κ3) is 14.8. The van der Waals surface area contributed by atoms with Gasteiger partial charge in [-0.1, -0.05) is 0 Å². The minimum absolute atomic E-state index is 0.0733. The molecule has 0 bridgehead atoms. The van der Waals surface area contributed by atoms with Crippen molar-refractivity contribution >= 4 is 23.8 Å². The summed E-state index contributed by atoms with van der Waals surface area (Å²) in [7, 11) is 0. The number of nitrogens with zero attached hydrogens (tertiary/aromatic N) is 2. The molecule has 3 aliphatic rings. The van der Waals surface area contributed by atoms with Crippen molar-refractivity contribution < 1.29 is 33.4 Å². The Morgan fingerprint density at radius 3 is 1.22 bits per heavy atom. The second kappa shape index (κ2) is 15.1.